The highest BCUT2D eigenvalue weighted by Gasteiger charge is 2.16. The number of aromatic nitrogens is 2. The number of rotatable bonds is 11. The van der Waals surface area contributed by atoms with E-state index < -0.39 is 0 Å². The minimum atomic E-state index is 0. The Labute approximate surface area is 177 Å². The summed E-state index contributed by atoms with van der Waals surface area (Å²) in [4.78, 5) is 6.53. The lowest BCUT2D eigenvalue weighted by Gasteiger charge is -2.24. The van der Waals surface area contributed by atoms with Crippen LogP contribution in [0.3, 0.4) is 0 Å². The zero-order chi connectivity index (χ0) is 18.7. The number of halogens is 1. The van der Waals surface area contributed by atoms with Crippen LogP contribution in [0, 0.1) is 5.92 Å². The maximum absolute atomic E-state index is 4.33. The molecule has 0 aliphatic heterocycles. The fraction of sp³-hybridized carbons (Fsp3) is 0.789. The largest absolute Gasteiger partial charge is 0.356 e. The van der Waals surface area contributed by atoms with Crippen molar-refractivity contribution in [3.63, 3.8) is 0 Å². The summed E-state index contributed by atoms with van der Waals surface area (Å²) in [6.07, 6.45) is 10.5. The molecule has 1 heterocycles. The highest BCUT2D eigenvalue weighted by molar-refractivity contribution is 14.0. The number of hydrogen-bond acceptors (Lipinski definition) is 3. The summed E-state index contributed by atoms with van der Waals surface area (Å²) in [5.74, 6) is 1.70. The van der Waals surface area contributed by atoms with Gasteiger partial charge in [-0.25, -0.2) is 0 Å². The molecule has 2 N–H and O–H groups in total. The van der Waals surface area contributed by atoms with Gasteiger partial charge in [0, 0.05) is 38.9 Å². The highest BCUT2D eigenvalue weighted by Crippen LogP contribution is 2.16. The van der Waals surface area contributed by atoms with Gasteiger partial charge in [-0.2, -0.15) is 5.10 Å². The summed E-state index contributed by atoms with van der Waals surface area (Å²) in [6.45, 7) is 6.36. The van der Waals surface area contributed by atoms with E-state index in [-0.39, 0.29) is 30.0 Å². The van der Waals surface area contributed by atoms with Crippen LogP contribution in [0.1, 0.15) is 57.6 Å². The van der Waals surface area contributed by atoms with Crippen molar-refractivity contribution in [2.24, 2.45) is 18.0 Å². The fourth-order valence-corrected chi connectivity index (χ4v) is 2.86. The van der Waals surface area contributed by atoms with Crippen molar-refractivity contribution in [2.45, 2.75) is 52.0 Å². The number of aryl methyl sites for hydroxylation is 1. The van der Waals surface area contributed by atoms with Gasteiger partial charge in [0.2, 0.25) is 0 Å². The molecule has 1 atom stereocenters. The molecule has 0 aliphatic carbocycles. The van der Waals surface area contributed by atoms with Gasteiger partial charge in [0.15, 0.2) is 5.96 Å². The Bertz CT molecular complexity index is 498. The molecule has 152 valence electrons. The number of nitrogens with zero attached hydrogens (tertiary/aromatic N) is 4. The van der Waals surface area contributed by atoms with Crippen molar-refractivity contribution in [2.75, 3.05) is 34.2 Å². The van der Waals surface area contributed by atoms with Crippen molar-refractivity contribution < 1.29 is 0 Å². The van der Waals surface area contributed by atoms with Crippen LogP contribution in [0.2, 0.25) is 0 Å². The molecule has 0 fully saturated rings. The van der Waals surface area contributed by atoms with Gasteiger partial charge in [-0.15, -0.1) is 24.0 Å². The highest BCUT2D eigenvalue weighted by atomic mass is 127. The number of nitrogens with one attached hydrogen (secondary N) is 2. The Hall–Kier alpha value is -0.830. The van der Waals surface area contributed by atoms with E-state index in [0.29, 0.717) is 0 Å². The van der Waals surface area contributed by atoms with Crippen LogP contribution >= 0.6 is 24.0 Å². The maximum atomic E-state index is 4.33. The van der Waals surface area contributed by atoms with Crippen LogP contribution in [0.4, 0.5) is 0 Å². The topological polar surface area (TPSA) is 57.5 Å². The Morgan fingerprint density at radius 3 is 2.42 bits per heavy atom. The molecule has 0 aromatic carbocycles. The third-order valence-corrected chi connectivity index (χ3v) is 4.42. The maximum Gasteiger partial charge on any atom is 0.191 e. The van der Waals surface area contributed by atoms with Crippen molar-refractivity contribution in [3.05, 3.63) is 18.0 Å². The standard InChI is InChI=1S/C19H38N6.HI/c1-16(2)11-9-7-8-10-12-21-19(20-3)22-14-18(24(4)5)17-13-23-25(6)15-17;/h13,15-16,18H,7-12,14H2,1-6H3,(H2,20,21,22);1H. The first-order valence-corrected chi connectivity index (χ1v) is 9.53. The smallest absolute Gasteiger partial charge is 0.191 e. The SMILES string of the molecule is CN=C(NCCCCCCC(C)C)NCC(c1cnn(C)c1)N(C)C.I. The molecule has 6 nitrogen and oxygen atoms in total. The molecule has 1 aromatic heterocycles. The predicted molar refractivity (Wildman–Crippen MR) is 122 cm³/mol. The summed E-state index contributed by atoms with van der Waals surface area (Å²) in [7, 11) is 7.96. The van der Waals surface area contributed by atoms with Gasteiger partial charge in [-0.1, -0.05) is 39.5 Å². The summed E-state index contributed by atoms with van der Waals surface area (Å²) in [5.41, 5.74) is 1.21. The van der Waals surface area contributed by atoms with Gasteiger partial charge in [-0.3, -0.25) is 9.67 Å². The Balaban J connectivity index is 0.00000625. The molecule has 0 spiro atoms. The van der Waals surface area contributed by atoms with E-state index in [2.05, 4.69) is 59.8 Å². The zero-order valence-electron chi connectivity index (χ0n) is 17.5. The zero-order valence-corrected chi connectivity index (χ0v) is 19.8. The van der Waals surface area contributed by atoms with Crippen molar-refractivity contribution in [1.82, 2.24) is 25.3 Å². The van der Waals surface area contributed by atoms with E-state index in [1.54, 1.807) is 0 Å². The molecule has 26 heavy (non-hydrogen) atoms. The Morgan fingerprint density at radius 2 is 1.88 bits per heavy atom. The van der Waals surface area contributed by atoms with Gasteiger partial charge >= 0.3 is 0 Å². The molecule has 0 saturated heterocycles. The molecule has 0 radical (unpaired) electrons. The monoisotopic (exact) mass is 478 g/mol. The first-order chi connectivity index (χ1) is 11.9. The van der Waals surface area contributed by atoms with Crippen molar-refractivity contribution in [3.8, 4) is 0 Å². The van der Waals surface area contributed by atoms with Crippen LogP contribution in [0.5, 0.6) is 0 Å². The second-order valence-corrected chi connectivity index (χ2v) is 7.40. The molecule has 0 saturated carbocycles. The average Bonchev–Trinajstić information content (AvgIpc) is 2.97. The molecule has 0 bridgehead atoms. The van der Waals surface area contributed by atoms with E-state index in [0.717, 1.165) is 25.0 Å². The lowest BCUT2D eigenvalue weighted by Crippen LogP contribution is -2.42. The predicted octanol–water partition coefficient (Wildman–Crippen LogP) is 3.41. The number of likely N-dealkylation sites (N-methyl/N-ethyl adjacent to an activating group) is 1. The van der Waals surface area contributed by atoms with Crippen LogP contribution in [0.15, 0.2) is 17.4 Å². The quantitative estimate of drug-likeness (QED) is 0.222. The molecule has 0 aliphatic rings. The third-order valence-electron chi connectivity index (χ3n) is 4.42. The lowest BCUT2D eigenvalue weighted by molar-refractivity contribution is 0.298. The minimum Gasteiger partial charge on any atom is -0.356 e. The molecule has 0 amide bonds. The normalized spacial score (nSPS) is 13.0. The van der Waals surface area contributed by atoms with Crippen molar-refractivity contribution in [1.29, 1.82) is 0 Å². The molecule has 1 aromatic rings. The van der Waals surface area contributed by atoms with Gasteiger partial charge in [0.05, 0.1) is 12.2 Å². The van der Waals surface area contributed by atoms with Crippen LogP contribution < -0.4 is 10.6 Å². The molecule has 1 unspecified atom stereocenters. The van der Waals surface area contributed by atoms with Gasteiger partial charge < -0.3 is 15.5 Å². The van der Waals surface area contributed by atoms with E-state index in [1.165, 1.54) is 37.7 Å². The van der Waals surface area contributed by atoms with Gasteiger partial charge in [-0.05, 0) is 26.4 Å². The number of unbranched alkanes of at least 4 members (excludes halogenated alkanes) is 3. The first-order valence-electron chi connectivity index (χ1n) is 9.53. The third kappa shape index (κ3) is 10.4. The van der Waals surface area contributed by atoms with E-state index in [9.17, 15) is 0 Å². The first kappa shape index (κ1) is 25.2. The average molecular weight is 478 g/mol. The van der Waals surface area contributed by atoms with Gasteiger partial charge in [0.1, 0.15) is 0 Å². The second kappa shape index (κ2) is 14.3. The van der Waals surface area contributed by atoms with E-state index >= 15 is 0 Å². The summed E-state index contributed by atoms with van der Waals surface area (Å²) < 4.78 is 1.85. The molecular formula is C19H39IN6. The summed E-state index contributed by atoms with van der Waals surface area (Å²) in [5, 5.41) is 11.1. The summed E-state index contributed by atoms with van der Waals surface area (Å²) in [6, 6.07) is 0.267. The second-order valence-electron chi connectivity index (χ2n) is 7.40. The summed E-state index contributed by atoms with van der Waals surface area (Å²) >= 11 is 0. The van der Waals surface area contributed by atoms with Crippen LogP contribution in [-0.4, -0.2) is 54.9 Å². The number of aliphatic imine (C=N–C) groups is 1. The van der Waals surface area contributed by atoms with Crippen LogP contribution in [-0.2, 0) is 7.05 Å². The Morgan fingerprint density at radius 1 is 1.19 bits per heavy atom. The van der Waals surface area contributed by atoms with Crippen molar-refractivity contribution >= 4 is 29.9 Å². The molecule has 7 heteroatoms. The van der Waals surface area contributed by atoms with E-state index in [4.69, 9.17) is 0 Å². The fourth-order valence-electron chi connectivity index (χ4n) is 2.86. The Kier molecular flexibility index (Phi) is 13.8. The number of hydrogen-bond donors (Lipinski definition) is 2. The number of guanidine groups is 1. The minimum absolute atomic E-state index is 0. The van der Waals surface area contributed by atoms with Crippen LogP contribution in [0.25, 0.3) is 0 Å². The van der Waals surface area contributed by atoms with Gasteiger partial charge in [0.25, 0.3) is 0 Å². The lowest BCUT2D eigenvalue weighted by atomic mass is 10.0. The molecule has 1 rings (SSSR count). The molecular weight excluding hydrogens is 439 g/mol. The van der Waals surface area contributed by atoms with E-state index in [1.807, 2.05) is 25.0 Å².